The van der Waals surface area contributed by atoms with Gasteiger partial charge in [-0.25, -0.2) is 0 Å². The van der Waals surface area contributed by atoms with Gasteiger partial charge in [-0.15, -0.1) is 0 Å². The van der Waals surface area contributed by atoms with E-state index in [0.717, 1.165) is 0 Å². The minimum atomic E-state index is -2.56. The minimum Gasteiger partial charge on any atom is -0.387 e. The van der Waals surface area contributed by atoms with Crippen molar-refractivity contribution in [3.63, 3.8) is 0 Å². The van der Waals surface area contributed by atoms with Crippen LogP contribution < -0.4 is 0 Å². The molecule has 0 bridgehead atoms. The summed E-state index contributed by atoms with van der Waals surface area (Å²) in [6.45, 7) is 0. The fraction of sp³-hybridized carbons (Fsp3) is 0.857. The lowest BCUT2D eigenvalue weighted by Gasteiger charge is -2.36. The fourth-order valence-corrected chi connectivity index (χ4v) is 1.98. The molecule has 2 rings (SSSR count). The normalized spacial score (nSPS) is 62.3. The number of carbonyl (C=O) groups excluding carboxylic acids is 1. The van der Waals surface area contributed by atoms with E-state index in [1.165, 1.54) is 0 Å². The predicted molar refractivity (Wildman–Crippen MR) is 38.9 cm³/mol. The second-order valence-electron chi connectivity index (χ2n) is 3.73. The van der Waals surface area contributed by atoms with Crippen LogP contribution >= 0.6 is 0 Å². The summed E-state index contributed by atoms with van der Waals surface area (Å²) in [5.41, 5.74) is -5.13. The van der Waals surface area contributed by atoms with Crippen LogP contribution in [0.3, 0.4) is 0 Å². The summed E-state index contributed by atoms with van der Waals surface area (Å²) in [7, 11) is 0. The number of rotatable bonds is 0. The molecule has 0 radical (unpaired) electrons. The Kier molecular flexibility index (Phi) is 1.65. The van der Waals surface area contributed by atoms with Crippen LogP contribution in [0.2, 0.25) is 0 Å². The van der Waals surface area contributed by atoms with Crippen LogP contribution in [0.1, 0.15) is 0 Å². The minimum absolute atomic E-state index is 1.19. The Morgan fingerprint density at radius 2 is 1.14 bits per heavy atom. The highest BCUT2D eigenvalue weighted by Gasteiger charge is 2.88. The summed E-state index contributed by atoms with van der Waals surface area (Å²) < 4.78 is 0. The smallest absolute Gasteiger partial charge is 0.208 e. The number of carbonyl (C=O) groups is 1. The van der Waals surface area contributed by atoms with E-state index >= 15 is 0 Å². The van der Waals surface area contributed by atoms with Crippen molar-refractivity contribution in [3.05, 3.63) is 0 Å². The topological polar surface area (TPSA) is 138 Å². The van der Waals surface area contributed by atoms with Crippen LogP contribution in [0.25, 0.3) is 0 Å². The Hall–Kier alpha value is -0.570. The van der Waals surface area contributed by atoms with Crippen LogP contribution in [0, 0.1) is 0 Å². The largest absolute Gasteiger partial charge is 0.387 e. The second-order valence-corrected chi connectivity index (χ2v) is 3.73. The molecule has 6 atom stereocenters. The zero-order valence-electron chi connectivity index (χ0n) is 6.90. The van der Waals surface area contributed by atoms with Crippen molar-refractivity contribution in [1.82, 2.24) is 0 Å². The summed E-state index contributed by atoms with van der Waals surface area (Å²) in [6.07, 6.45) is -7.75. The summed E-state index contributed by atoms with van der Waals surface area (Å²) in [5, 5.41) is 55.5. The molecule has 0 aliphatic heterocycles. The number of aliphatic hydroxyl groups excluding tert-OH is 4. The van der Waals surface area contributed by atoms with E-state index in [9.17, 15) is 25.2 Å². The molecule has 0 aromatic carbocycles. The lowest BCUT2D eigenvalue weighted by molar-refractivity contribution is -0.223. The van der Waals surface area contributed by atoms with Gasteiger partial charge < -0.3 is 30.6 Å². The zero-order valence-corrected chi connectivity index (χ0v) is 6.90. The van der Waals surface area contributed by atoms with Gasteiger partial charge in [-0.2, -0.15) is 0 Å². The molecule has 0 aromatic heterocycles. The number of aliphatic hydroxyl groups is 6. The predicted octanol–water partition coefficient (Wildman–Crippen LogP) is -4.51. The Morgan fingerprint density at radius 1 is 0.857 bits per heavy atom. The van der Waals surface area contributed by atoms with Gasteiger partial charge >= 0.3 is 0 Å². The van der Waals surface area contributed by atoms with E-state index in [1.807, 2.05) is 0 Å². The molecule has 0 aromatic rings. The second kappa shape index (κ2) is 2.32. The number of hydrogen-bond acceptors (Lipinski definition) is 7. The third kappa shape index (κ3) is 0.691. The highest BCUT2D eigenvalue weighted by Crippen LogP contribution is 2.53. The monoisotopic (exact) mass is 206 g/mol. The lowest BCUT2D eigenvalue weighted by atomic mass is 9.85. The van der Waals surface area contributed by atoms with Crippen molar-refractivity contribution in [1.29, 1.82) is 0 Å². The van der Waals surface area contributed by atoms with Gasteiger partial charge in [0.15, 0.2) is 11.2 Å². The van der Waals surface area contributed by atoms with Gasteiger partial charge in [-0.3, -0.25) is 4.79 Å². The van der Waals surface area contributed by atoms with Crippen molar-refractivity contribution in [2.75, 3.05) is 0 Å². The molecule has 0 amide bonds. The van der Waals surface area contributed by atoms with E-state index in [2.05, 4.69) is 0 Å². The average molecular weight is 206 g/mol. The molecule has 0 unspecified atom stereocenters. The standard InChI is InChI=1S/C7H10O7/c8-1-2(9)4(11)7(14)5(12)6(7,13)3(1)10/h1-4,8-11,13-14H/t1-,2-,3-,4+,6-,7+/m1/s1. The van der Waals surface area contributed by atoms with E-state index < -0.39 is 41.4 Å². The molecule has 2 aliphatic rings. The maximum absolute atomic E-state index is 11.0. The Morgan fingerprint density at radius 3 is 1.43 bits per heavy atom. The van der Waals surface area contributed by atoms with Crippen LogP contribution in [-0.2, 0) is 4.79 Å². The first-order valence-corrected chi connectivity index (χ1v) is 4.01. The highest BCUT2D eigenvalue weighted by molar-refractivity contribution is 6.16. The van der Waals surface area contributed by atoms with E-state index in [-0.39, 0.29) is 0 Å². The maximum Gasteiger partial charge on any atom is 0.208 e. The molecule has 2 fully saturated rings. The third-order valence-corrected chi connectivity index (χ3v) is 3.06. The van der Waals surface area contributed by atoms with Crippen molar-refractivity contribution in [2.45, 2.75) is 35.6 Å². The summed E-state index contributed by atoms with van der Waals surface area (Å²) in [4.78, 5) is 11.0. The highest BCUT2D eigenvalue weighted by atomic mass is 16.5. The first kappa shape index (κ1) is 9.97. The summed E-state index contributed by atoms with van der Waals surface area (Å²) in [6, 6.07) is 0. The molecule has 0 heterocycles. The van der Waals surface area contributed by atoms with Crippen LogP contribution in [0.4, 0.5) is 0 Å². The average Bonchev–Trinajstić information content (AvgIpc) is 2.61. The Labute approximate surface area is 77.8 Å². The quantitative estimate of drug-likeness (QED) is 0.235. The number of hydrogen-bond donors (Lipinski definition) is 6. The Bertz CT molecular complexity index is 276. The molecular formula is C7H10O7. The Balaban J connectivity index is 2.44. The zero-order chi connectivity index (χ0) is 10.9. The van der Waals surface area contributed by atoms with Gasteiger partial charge in [0.2, 0.25) is 5.78 Å². The van der Waals surface area contributed by atoms with Crippen molar-refractivity contribution in [2.24, 2.45) is 0 Å². The number of fused-ring (bicyclic) bond motifs is 1. The molecule has 6 N–H and O–H groups in total. The molecule has 0 saturated heterocycles. The summed E-state index contributed by atoms with van der Waals surface area (Å²) in [5.74, 6) is -1.19. The van der Waals surface area contributed by atoms with Crippen LogP contribution in [-0.4, -0.2) is 72.0 Å². The first-order valence-electron chi connectivity index (χ1n) is 4.01. The van der Waals surface area contributed by atoms with Crippen LogP contribution in [0.5, 0.6) is 0 Å². The van der Waals surface area contributed by atoms with Gasteiger partial charge in [0.1, 0.15) is 24.4 Å². The van der Waals surface area contributed by atoms with E-state index in [1.54, 1.807) is 0 Å². The first-order chi connectivity index (χ1) is 6.29. The van der Waals surface area contributed by atoms with Crippen molar-refractivity contribution < 1.29 is 35.4 Å². The van der Waals surface area contributed by atoms with Crippen LogP contribution in [0.15, 0.2) is 0 Å². The molecule has 2 saturated carbocycles. The van der Waals surface area contributed by atoms with Crippen molar-refractivity contribution >= 4 is 5.78 Å². The molecular weight excluding hydrogens is 196 g/mol. The van der Waals surface area contributed by atoms with Gasteiger partial charge in [0, 0.05) is 0 Å². The van der Waals surface area contributed by atoms with Gasteiger partial charge in [0.25, 0.3) is 0 Å². The fourth-order valence-electron chi connectivity index (χ4n) is 1.98. The molecule has 2 aliphatic carbocycles. The molecule has 0 spiro atoms. The number of ketones is 1. The van der Waals surface area contributed by atoms with Gasteiger partial charge in [-0.05, 0) is 0 Å². The van der Waals surface area contributed by atoms with E-state index in [0.29, 0.717) is 0 Å². The summed E-state index contributed by atoms with van der Waals surface area (Å²) >= 11 is 0. The molecule has 80 valence electrons. The number of Topliss-reactive ketones (excluding diaryl/α,β-unsaturated/α-hetero) is 1. The molecule has 7 nitrogen and oxygen atoms in total. The lowest BCUT2D eigenvalue weighted by Crippen LogP contribution is -2.63. The third-order valence-electron chi connectivity index (χ3n) is 3.06. The SMILES string of the molecule is O=C1[C@@]2(O)[C@@H](O)[C@H](O)[C@@H](O)[C@@H](O)[C@@]12O. The molecule has 14 heavy (non-hydrogen) atoms. The maximum atomic E-state index is 11.0. The van der Waals surface area contributed by atoms with E-state index in [4.69, 9.17) is 10.2 Å². The van der Waals surface area contributed by atoms with Crippen molar-refractivity contribution in [3.8, 4) is 0 Å². The van der Waals surface area contributed by atoms with Gasteiger partial charge in [0.05, 0.1) is 0 Å². The molecule has 7 heteroatoms. The van der Waals surface area contributed by atoms with Gasteiger partial charge in [-0.1, -0.05) is 0 Å².